The Morgan fingerprint density at radius 2 is 2.44 bits per heavy atom. The Bertz CT molecular complexity index is 87.1. The van der Waals surface area contributed by atoms with Crippen LogP contribution in [0.3, 0.4) is 0 Å². The van der Waals surface area contributed by atoms with E-state index in [-0.39, 0.29) is 6.04 Å². The Balaban J connectivity index is 2.22. The number of hydrogen-bond acceptors (Lipinski definition) is 3. The number of nitrogens with one attached hydrogen (secondary N) is 1. The third-order valence-corrected chi connectivity index (χ3v) is 1.71. The molecule has 54 valence electrons. The third-order valence-electron chi connectivity index (χ3n) is 1.71. The van der Waals surface area contributed by atoms with Gasteiger partial charge in [-0.25, -0.2) is 0 Å². The van der Waals surface area contributed by atoms with Gasteiger partial charge in [-0.05, 0) is 7.05 Å². The molecule has 2 atom stereocenters. The smallest absolute Gasteiger partial charge is 0.0621 e. The van der Waals surface area contributed by atoms with Gasteiger partial charge >= 0.3 is 0 Å². The molecular formula is C6H14N2O. The lowest BCUT2D eigenvalue weighted by Gasteiger charge is -2.10. The molecule has 0 aliphatic carbocycles. The van der Waals surface area contributed by atoms with Gasteiger partial charge in [-0.3, -0.25) is 0 Å². The summed E-state index contributed by atoms with van der Waals surface area (Å²) in [4.78, 5) is 0. The first-order valence-electron chi connectivity index (χ1n) is 3.32. The van der Waals surface area contributed by atoms with Crippen molar-refractivity contribution in [1.82, 2.24) is 5.32 Å². The van der Waals surface area contributed by atoms with Gasteiger partial charge in [0.2, 0.25) is 0 Å². The van der Waals surface area contributed by atoms with Gasteiger partial charge in [-0.2, -0.15) is 0 Å². The lowest BCUT2D eigenvalue weighted by Crippen LogP contribution is -2.34. The summed E-state index contributed by atoms with van der Waals surface area (Å²) in [7, 11) is 1.94. The first kappa shape index (κ1) is 6.99. The van der Waals surface area contributed by atoms with E-state index in [1.807, 2.05) is 7.05 Å². The summed E-state index contributed by atoms with van der Waals surface area (Å²) in [6.45, 7) is 2.52. The molecule has 9 heavy (non-hydrogen) atoms. The molecule has 0 aromatic carbocycles. The quantitative estimate of drug-likeness (QED) is 0.513. The lowest BCUT2D eigenvalue weighted by molar-refractivity contribution is 0.184. The van der Waals surface area contributed by atoms with Gasteiger partial charge in [0.1, 0.15) is 0 Å². The highest BCUT2D eigenvalue weighted by Gasteiger charge is 2.23. The van der Waals surface area contributed by atoms with E-state index in [2.05, 4.69) is 5.32 Å². The molecule has 0 aromatic rings. The molecule has 0 spiro atoms. The van der Waals surface area contributed by atoms with Crippen molar-refractivity contribution in [2.45, 2.75) is 6.04 Å². The number of ether oxygens (including phenoxy) is 1. The van der Waals surface area contributed by atoms with Gasteiger partial charge in [0, 0.05) is 18.5 Å². The second kappa shape index (κ2) is 3.15. The van der Waals surface area contributed by atoms with Crippen LogP contribution >= 0.6 is 0 Å². The summed E-state index contributed by atoms with van der Waals surface area (Å²) < 4.78 is 5.16. The summed E-state index contributed by atoms with van der Waals surface area (Å²) in [5.41, 5.74) is 5.70. The van der Waals surface area contributed by atoms with E-state index in [0.29, 0.717) is 5.92 Å². The fraction of sp³-hybridized carbons (Fsp3) is 1.00. The maximum Gasteiger partial charge on any atom is 0.0621 e. The zero-order valence-electron chi connectivity index (χ0n) is 5.76. The minimum absolute atomic E-state index is 0.248. The molecule has 3 N–H and O–H groups in total. The average Bonchev–Trinajstić information content (AvgIpc) is 2.18. The Kier molecular flexibility index (Phi) is 2.45. The van der Waals surface area contributed by atoms with E-state index in [1.165, 1.54) is 0 Å². The molecule has 3 heteroatoms. The summed E-state index contributed by atoms with van der Waals surface area (Å²) in [6.07, 6.45) is 0. The van der Waals surface area contributed by atoms with Crippen molar-refractivity contribution in [2.75, 3.05) is 26.8 Å². The van der Waals surface area contributed by atoms with E-state index < -0.39 is 0 Å². The second-order valence-corrected chi connectivity index (χ2v) is 2.52. The topological polar surface area (TPSA) is 47.3 Å². The Labute approximate surface area is 55.6 Å². The molecule has 2 unspecified atom stereocenters. The zero-order valence-corrected chi connectivity index (χ0v) is 5.76. The molecule has 0 aromatic heterocycles. The molecule has 1 fully saturated rings. The molecular weight excluding hydrogens is 116 g/mol. The van der Waals surface area contributed by atoms with Crippen LogP contribution in [0.5, 0.6) is 0 Å². The van der Waals surface area contributed by atoms with Crippen molar-refractivity contribution in [1.29, 1.82) is 0 Å². The van der Waals surface area contributed by atoms with Crippen LogP contribution < -0.4 is 11.1 Å². The van der Waals surface area contributed by atoms with Crippen LogP contribution in [0.25, 0.3) is 0 Å². The van der Waals surface area contributed by atoms with E-state index in [0.717, 1.165) is 19.8 Å². The predicted octanol–water partition coefficient (Wildman–Crippen LogP) is -0.820. The Morgan fingerprint density at radius 1 is 1.67 bits per heavy atom. The van der Waals surface area contributed by atoms with Crippen molar-refractivity contribution in [3.8, 4) is 0 Å². The van der Waals surface area contributed by atoms with Crippen molar-refractivity contribution in [3.63, 3.8) is 0 Å². The lowest BCUT2D eigenvalue weighted by atomic mass is 10.1. The van der Waals surface area contributed by atoms with E-state index in [4.69, 9.17) is 10.5 Å². The highest BCUT2D eigenvalue weighted by atomic mass is 16.5. The summed E-state index contributed by atoms with van der Waals surface area (Å²) in [6, 6.07) is 0.248. The summed E-state index contributed by atoms with van der Waals surface area (Å²) in [5.74, 6) is 0.523. The van der Waals surface area contributed by atoms with Gasteiger partial charge < -0.3 is 15.8 Å². The number of hydrogen-bond donors (Lipinski definition) is 2. The molecule has 0 radical (unpaired) electrons. The largest absolute Gasteiger partial charge is 0.379 e. The third kappa shape index (κ3) is 1.64. The van der Waals surface area contributed by atoms with Crippen LogP contribution in [0.2, 0.25) is 0 Å². The van der Waals surface area contributed by atoms with E-state index in [1.54, 1.807) is 0 Å². The van der Waals surface area contributed by atoms with Crippen molar-refractivity contribution in [2.24, 2.45) is 11.7 Å². The normalized spacial score (nSPS) is 35.3. The van der Waals surface area contributed by atoms with Crippen LogP contribution in [0.4, 0.5) is 0 Å². The molecule has 1 saturated heterocycles. The standard InChI is InChI=1S/C6H14N2O/c1-8-2-5-3-9-4-6(5)7/h5-6,8H,2-4,7H2,1H3. The molecule has 1 rings (SSSR count). The summed E-state index contributed by atoms with van der Waals surface area (Å²) in [5, 5.41) is 3.08. The van der Waals surface area contributed by atoms with Crippen molar-refractivity contribution >= 4 is 0 Å². The van der Waals surface area contributed by atoms with Gasteiger partial charge in [0.15, 0.2) is 0 Å². The predicted molar refractivity (Wildman–Crippen MR) is 36.2 cm³/mol. The van der Waals surface area contributed by atoms with Crippen molar-refractivity contribution < 1.29 is 4.74 Å². The number of nitrogens with two attached hydrogens (primary N) is 1. The highest BCUT2D eigenvalue weighted by molar-refractivity contribution is 4.78. The number of rotatable bonds is 2. The van der Waals surface area contributed by atoms with Crippen molar-refractivity contribution in [3.05, 3.63) is 0 Å². The molecule has 1 heterocycles. The van der Waals surface area contributed by atoms with Gasteiger partial charge in [-0.15, -0.1) is 0 Å². The fourth-order valence-electron chi connectivity index (χ4n) is 1.09. The molecule has 0 amide bonds. The van der Waals surface area contributed by atoms with E-state index >= 15 is 0 Å². The fourth-order valence-corrected chi connectivity index (χ4v) is 1.09. The van der Waals surface area contributed by atoms with Gasteiger partial charge in [0.05, 0.1) is 13.2 Å². The Morgan fingerprint density at radius 3 is 2.89 bits per heavy atom. The maximum atomic E-state index is 5.70. The van der Waals surface area contributed by atoms with Crippen LogP contribution in [0, 0.1) is 5.92 Å². The minimum Gasteiger partial charge on any atom is -0.379 e. The van der Waals surface area contributed by atoms with Gasteiger partial charge in [0.25, 0.3) is 0 Å². The average molecular weight is 130 g/mol. The first-order valence-corrected chi connectivity index (χ1v) is 3.32. The summed E-state index contributed by atoms with van der Waals surface area (Å²) >= 11 is 0. The highest BCUT2D eigenvalue weighted by Crippen LogP contribution is 2.09. The molecule has 0 saturated carbocycles. The molecule has 1 aliphatic rings. The Hall–Kier alpha value is -0.120. The zero-order chi connectivity index (χ0) is 6.69. The molecule has 3 nitrogen and oxygen atoms in total. The van der Waals surface area contributed by atoms with Crippen LogP contribution in [0.1, 0.15) is 0 Å². The first-order chi connectivity index (χ1) is 4.34. The maximum absolute atomic E-state index is 5.70. The SMILES string of the molecule is CNCC1COCC1N. The monoisotopic (exact) mass is 130 g/mol. The molecule has 0 bridgehead atoms. The second-order valence-electron chi connectivity index (χ2n) is 2.52. The van der Waals surface area contributed by atoms with Crippen LogP contribution in [-0.4, -0.2) is 32.8 Å². The van der Waals surface area contributed by atoms with Crippen LogP contribution in [0.15, 0.2) is 0 Å². The van der Waals surface area contributed by atoms with Crippen LogP contribution in [-0.2, 0) is 4.74 Å². The molecule has 1 aliphatic heterocycles. The van der Waals surface area contributed by atoms with E-state index in [9.17, 15) is 0 Å². The van der Waals surface area contributed by atoms with Gasteiger partial charge in [-0.1, -0.05) is 0 Å². The minimum atomic E-state index is 0.248.